The van der Waals surface area contributed by atoms with Gasteiger partial charge in [0.05, 0.1) is 11.3 Å². The zero-order valence-corrected chi connectivity index (χ0v) is 15.0. The van der Waals surface area contributed by atoms with E-state index in [9.17, 15) is 18.0 Å². The van der Waals surface area contributed by atoms with Crippen LogP contribution >= 0.6 is 0 Å². The Balaban J connectivity index is 1.59. The summed E-state index contributed by atoms with van der Waals surface area (Å²) >= 11 is 0. The van der Waals surface area contributed by atoms with Crippen LogP contribution in [0.5, 0.6) is 0 Å². The van der Waals surface area contributed by atoms with Gasteiger partial charge < -0.3 is 5.32 Å². The molecule has 0 spiro atoms. The summed E-state index contributed by atoms with van der Waals surface area (Å²) in [6.45, 7) is 4.35. The third-order valence-electron chi connectivity index (χ3n) is 5.13. The average Bonchev–Trinajstić information content (AvgIpc) is 3.33. The first-order chi connectivity index (χ1) is 12.2. The number of hydrogen-bond acceptors (Lipinski definition) is 2. The van der Waals surface area contributed by atoms with E-state index in [4.69, 9.17) is 0 Å². The fourth-order valence-electron chi connectivity index (χ4n) is 3.53. The molecule has 2 aromatic rings. The van der Waals surface area contributed by atoms with Crippen LogP contribution in [-0.4, -0.2) is 22.2 Å². The molecule has 140 valence electrons. The average molecular weight is 365 g/mol. The number of carbonyl (C=O) groups is 1. The van der Waals surface area contributed by atoms with E-state index in [0.29, 0.717) is 19.4 Å². The number of halogens is 3. The molecule has 3 rings (SSSR count). The third-order valence-corrected chi connectivity index (χ3v) is 5.13. The Morgan fingerprint density at radius 2 is 2.00 bits per heavy atom. The van der Waals surface area contributed by atoms with Gasteiger partial charge in [0.25, 0.3) is 0 Å². The monoisotopic (exact) mass is 365 g/mol. The summed E-state index contributed by atoms with van der Waals surface area (Å²) in [7, 11) is 1.87. The Labute approximate surface area is 150 Å². The molecule has 2 unspecified atom stereocenters. The Morgan fingerprint density at radius 1 is 1.31 bits per heavy atom. The molecule has 26 heavy (non-hydrogen) atoms. The number of benzene rings is 1. The molecule has 7 heteroatoms. The van der Waals surface area contributed by atoms with Gasteiger partial charge >= 0.3 is 6.18 Å². The number of hydrogen-bond donors (Lipinski definition) is 1. The highest BCUT2D eigenvalue weighted by Gasteiger charge is 2.47. The van der Waals surface area contributed by atoms with Crippen molar-refractivity contribution in [2.45, 2.75) is 38.8 Å². The molecule has 2 atom stereocenters. The van der Waals surface area contributed by atoms with Gasteiger partial charge in [0, 0.05) is 25.2 Å². The van der Waals surface area contributed by atoms with E-state index in [-0.39, 0.29) is 23.3 Å². The zero-order chi connectivity index (χ0) is 19.1. The van der Waals surface area contributed by atoms with Gasteiger partial charge in [-0.05, 0) is 49.8 Å². The normalized spacial score (nSPS) is 19.5. The molecule has 1 N–H and O–H groups in total. The highest BCUT2D eigenvalue weighted by molar-refractivity contribution is 5.83. The summed E-state index contributed by atoms with van der Waals surface area (Å²) in [5.41, 5.74) is 2.67. The smallest absolute Gasteiger partial charge is 0.356 e. The fraction of sp³-hybridized carbons (Fsp3) is 0.474. The van der Waals surface area contributed by atoms with Crippen LogP contribution in [0, 0.1) is 19.8 Å². The van der Waals surface area contributed by atoms with Gasteiger partial charge in [0.1, 0.15) is 0 Å². The first-order valence-electron chi connectivity index (χ1n) is 8.63. The van der Waals surface area contributed by atoms with Crippen molar-refractivity contribution in [2.75, 3.05) is 6.54 Å². The summed E-state index contributed by atoms with van der Waals surface area (Å²) in [6, 6.07) is 5.52. The van der Waals surface area contributed by atoms with Gasteiger partial charge in [0.15, 0.2) is 0 Å². The SMILES string of the molecule is Cc1nn(C)c(C)c1CCNC(=O)C1CC1c1ccccc1C(F)(F)F. The molecule has 0 aliphatic heterocycles. The van der Waals surface area contributed by atoms with Crippen molar-refractivity contribution >= 4 is 5.91 Å². The van der Waals surface area contributed by atoms with Crippen molar-refractivity contribution in [3.8, 4) is 0 Å². The minimum Gasteiger partial charge on any atom is -0.356 e. The Hall–Kier alpha value is -2.31. The topological polar surface area (TPSA) is 46.9 Å². The zero-order valence-electron chi connectivity index (χ0n) is 15.0. The van der Waals surface area contributed by atoms with E-state index in [1.165, 1.54) is 12.1 Å². The van der Waals surface area contributed by atoms with E-state index in [2.05, 4.69) is 10.4 Å². The molecule has 4 nitrogen and oxygen atoms in total. The number of aromatic nitrogens is 2. The standard InChI is InChI=1S/C19H22F3N3O/c1-11-13(12(2)25(3)24-11)8-9-23-18(26)16-10-15(16)14-6-4-5-7-17(14)19(20,21)22/h4-7,15-16H,8-10H2,1-3H3,(H,23,26). The van der Waals surface area contributed by atoms with Crippen LogP contribution in [0.25, 0.3) is 0 Å². The van der Waals surface area contributed by atoms with E-state index in [1.807, 2.05) is 20.9 Å². The second-order valence-electron chi connectivity index (χ2n) is 6.85. The molecule has 1 aliphatic rings. The predicted octanol–water partition coefficient (Wildman–Crippen LogP) is 3.52. The molecule has 1 heterocycles. The van der Waals surface area contributed by atoms with Gasteiger partial charge in [-0.2, -0.15) is 18.3 Å². The molecular weight excluding hydrogens is 343 g/mol. The van der Waals surface area contributed by atoms with Gasteiger partial charge in [-0.15, -0.1) is 0 Å². The van der Waals surface area contributed by atoms with Crippen LogP contribution in [0.4, 0.5) is 13.2 Å². The van der Waals surface area contributed by atoms with Crippen LogP contribution in [0.1, 0.15) is 40.4 Å². The van der Waals surface area contributed by atoms with Crippen LogP contribution in [0.15, 0.2) is 24.3 Å². The highest BCUT2D eigenvalue weighted by atomic mass is 19.4. The van der Waals surface area contributed by atoms with Gasteiger partial charge in [-0.25, -0.2) is 0 Å². The second kappa shape index (κ2) is 6.78. The summed E-state index contributed by atoms with van der Waals surface area (Å²) in [5.74, 6) is -0.907. The Bertz CT molecular complexity index is 826. The lowest BCUT2D eigenvalue weighted by molar-refractivity contribution is -0.138. The largest absolute Gasteiger partial charge is 0.416 e. The molecule has 1 amide bonds. The maximum Gasteiger partial charge on any atom is 0.416 e. The van der Waals surface area contributed by atoms with Gasteiger partial charge in [-0.1, -0.05) is 18.2 Å². The lowest BCUT2D eigenvalue weighted by Gasteiger charge is -2.12. The number of rotatable bonds is 5. The number of nitrogens with zero attached hydrogens (tertiary/aromatic N) is 2. The molecule has 1 aromatic carbocycles. The lowest BCUT2D eigenvalue weighted by atomic mass is 10.0. The minimum atomic E-state index is -4.39. The van der Waals surface area contributed by atoms with Crippen molar-refractivity contribution < 1.29 is 18.0 Å². The van der Waals surface area contributed by atoms with E-state index in [1.54, 1.807) is 10.7 Å². The number of aryl methyl sites for hydroxylation is 2. The highest BCUT2D eigenvalue weighted by Crippen LogP contribution is 2.51. The first kappa shape index (κ1) is 18.5. The molecule has 1 saturated carbocycles. The molecule has 1 aromatic heterocycles. The predicted molar refractivity (Wildman–Crippen MR) is 91.7 cm³/mol. The summed E-state index contributed by atoms with van der Waals surface area (Å²) < 4.78 is 41.2. The fourth-order valence-corrected chi connectivity index (χ4v) is 3.53. The van der Waals surface area contributed by atoms with Crippen molar-refractivity contribution in [3.63, 3.8) is 0 Å². The first-order valence-corrected chi connectivity index (χ1v) is 8.63. The summed E-state index contributed by atoms with van der Waals surface area (Å²) in [6.07, 6.45) is -3.27. The van der Waals surface area contributed by atoms with Gasteiger partial charge in [0.2, 0.25) is 5.91 Å². The summed E-state index contributed by atoms with van der Waals surface area (Å²) in [5, 5.41) is 7.20. The summed E-state index contributed by atoms with van der Waals surface area (Å²) in [4.78, 5) is 12.3. The quantitative estimate of drug-likeness (QED) is 0.881. The van der Waals surface area contributed by atoms with Crippen LogP contribution in [0.3, 0.4) is 0 Å². The molecule has 0 saturated heterocycles. The third kappa shape index (κ3) is 3.61. The number of amides is 1. The van der Waals surface area contributed by atoms with E-state index >= 15 is 0 Å². The van der Waals surface area contributed by atoms with Crippen molar-refractivity contribution in [3.05, 3.63) is 52.3 Å². The minimum absolute atomic E-state index is 0.175. The van der Waals surface area contributed by atoms with Crippen LogP contribution < -0.4 is 5.32 Å². The molecule has 0 radical (unpaired) electrons. The van der Waals surface area contributed by atoms with E-state index in [0.717, 1.165) is 23.0 Å². The van der Waals surface area contributed by atoms with Crippen molar-refractivity contribution in [1.82, 2.24) is 15.1 Å². The number of nitrogens with one attached hydrogen (secondary N) is 1. The van der Waals surface area contributed by atoms with Crippen molar-refractivity contribution in [1.29, 1.82) is 0 Å². The molecular formula is C19H22F3N3O. The lowest BCUT2D eigenvalue weighted by Crippen LogP contribution is -2.28. The van der Waals surface area contributed by atoms with E-state index < -0.39 is 11.7 Å². The maximum absolute atomic E-state index is 13.1. The molecule has 0 bridgehead atoms. The Kier molecular flexibility index (Phi) is 4.82. The van der Waals surface area contributed by atoms with Crippen LogP contribution in [0.2, 0.25) is 0 Å². The van der Waals surface area contributed by atoms with Crippen LogP contribution in [-0.2, 0) is 24.4 Å². The number of alkyl halides is 3. The molecule has 1 aliphatic carbocycles. The second-order valence-corrected chi connectivity index (χ2v) is 6.85. The maximum atomic E-state index is 13.1. The van der Waals surface area contributed by atoms with Gasteiger partial charge in [-0.3, -0.25) is 9.48 Å². The molecule has 1 fully saturated rings. The Morgan fingerprint density at radius 3 is 2.62 bits per heavy atom. The number of carbonyl (C=O) groups excluding carboxylic acids is 1. The van der Waals surface area contributed by atoms with Crippen molar-refractivity contribution in [2.24, 2.45) is 13.0 Å².